The molecule has 0 radical (unpaired) electrons. The third-order valence-corrected chi connectivity index (χ3v) is 5.13. The molecule has 0 aliphatic carbocycles. The summed E-state index contributed by atoms with van der Waals surface area (Å²) in [5, 5.41) is 20.5. The minimum absolute atomic E-state index is 0.194. The zero-order chi connectivity index (χ0) is 23.8. The van der Waals surface area contributed by atoms with Crippen molar-refractivity contribution in [1.82, 2.24) is 24.8 Å². The van der Waals surface area contributed by atoms with E-state index in [1.807, 2.05) is 43.5 Å². The summed E-state index contributed by atoms with van der Waals surface area (Å²) in [7, 11) is 0. The molecule has 2 heterocycles. The van der Waals surface area contributed by atoms with Gasteiger partial charge in [-0.3, -0.25) is 10.1 Å². The predicted octanol–water partition coefficient (Wildman–Crippen LogP) is 3.58. The molecular formula is C24H20N8O. The molecule has 0 aliphatic heterocycles. The Hall–Kier alpha value is -4.76. The van der Waals surface area contributed by atoms with E-state index in [2.05, 4.69) is 21.4 Å². The first-order chi connectivity index (χ1) is 15.7. The van der Waals surface area contributed by atoms with Crippen molar-refractivity contribution in [2.45, 2.75) is 26.3 Å². The number of hydrogen-bond donors (Lipinski definition) is 2. The van der Waals surface area contributed by atoms with E-state index < -0.39 is 11.4 Å². The molecule has 0 spiro atoms. The summed E-state index contributed by atoms with van der Waals surface area (Å²) in [6.45, 7) is 6.09. The zero-order valence-corrected chi connectivity index (χ0v) is 18.3. The maximum atomic E-state index is 12.6. The summed E-state index contributed by atoms with van der Waals surface area (Å²) in [5.74, 6) is 0.146. The number of anilines is 1. The van der Waals surface area contributed by atoms with Gasteiger partial charge in [0.1, 0.15) is 5.82 Å². The number of nitrogens with one attached hydrogen (secondary N) is 1. The van der Waals surface area contributed by atoms with E-state index in [0.717, 1.165) is 16.6 Å². The van der Waals surface area contributed by atoms with Crippen LogP contribution in [-0.4, -0.2) is 25.4 Å². The third kappa shape index (κ3) is 3.95. The van der Waals surface area contributed by atoms with Gasteiger partial charge in [0.2, 0.25) is 5.95 Å². The van der Waals surface area contributed by atoms with Gasteiger partial charge in [-0.2, -0.15) is 10.5 Å². The van der Waals surface area contributed by atoms with E-state index in [9.17, 15) is 10.1 Å². The fourth-order valence-corrected chi connectivity index (χ4v) is 3.72. The molecule has 0 atom stereocenters. The normalized spacial score (nSPS) is 11.1. The van der Waals surface area contributed by atoms with Gasteiger partial charge in [0.15, 0.2) is 6.19 Å². The van der Waals surface area contributed by atoms with Crippen LogP contribution in [-0.2, 0) is 5.54 Å². The average molecular weight is 436 g/mol. The molecule has 2 aromatic heterocycles. The van der Waals surface area contributed by atoms with Crippen LogP contribution in [0.5, 0.6) is 0 Å². The highest BCUT2D eigenvalue weighted by Crippen LogP contribution is 2.35. The number of hydrogen-bond acceptors (Lipinski definition) is 7. The number of benzene rings is 2. The number of nitrogens with zero attached hydrogens (tertiary/aromatic N) is 6. The van der Waals surface area contributed by atoms with Crippen LogP contribution in [0.15, 0.2) is 48.8 Å². The average Bonchev–Trinajstić information content (AvgIpc) is 3.18. The van der Waals surface area contributed by atoms with Crippen molar-refractivity contribution in [1.29, 1.82) is 10.5 Å². The van der Waals surface area contributed by atoms with Gasteiger partial charge in [0.05, 0.1) is 28.2 Å². The van der Waals surface area contributed by atoms with E-state index in [1.165, 1.54) is 6.07 Å². The highest BCUT2D eigenvalue weighted by Gasteiger charge is 2.26. The number of imidazole rings is 1. The van der Waals surface area contributed by atoms with Crippen molar-refractivity contribution < 1.29 is 4.79 Å². The first-order valence-electron chi connectivity index (χ1n) is 10.1. The summed E-state index contributed by atoms with van der Waals surface area (Å²) in [6.07, 6.45) is 4.95. The summed E-state index contributed by atoms with van der Waals surface area (Å²) in [4.78, 5) is 25.6. The molecule has 0 unspecified atom stereocenters. The van der Waals surface area contributed by atoms with Crippen LogP contribution >= 0.6 is 0 Å². The van der Waals surface area contributed by atoms with Gasteiger partial charge >= 0.3 is 0 Å². The fourth-order valence-electron chi connectivity index (χ4n) is 3.72. The summed E-state index contributed by atoms with van der Waals surface area (Å²) < 4.78 is 2.02. The van der Waals surface area contributed by atoms with Crippen molar-refractivity contribution in [2.75, 3.05) is 5.73 Å². The Labute approximate surface area is 190 Å². The van der Waals surface area contributed by atoms with Gasteiger partial charge in [-0.1, -0.05) is 6.07 Å². The van der Waals surface area contributed by atoms with Gasteiger partial charge in [0, 0.05) is 29.1 Å². The smallest absolute Gasteiger partial charge is 0.265 e. The molecule has 0 fully saturated rings. The van der Waals surface area contributed by atoms with Crippen LogP contribution in [0, 0.1) is 22.8 Å². The minimum Gasteiger partial charge on any atom is -0.368 e. The van der Waals surface area contributed by atoms with Gasteiger partial charge in [-0.05, 0) is 56.7 Å². The number of rotatable bonds is 3. The van der Waals surface area contributed by atoms with Crippen molar-refractivity contribution >= 4 is 22.9 Å². The van der Waals surface area contributed by atoms with Crippen LogP contribution in [0.3, 0.4) is 0 Å². The molecule has 0 aliphatic rings. The molecule has 9 nitrogen and oxygen atoms in total. The van der Waals surface area contributed by atoms with Crippen LogP contribution in [0.25, 0.3) is 33.5 Å². The number of nitrogen functional groups attached to an aromatic ring is 1. The van der Waals surface area contributed by atoms with Gasteiger partial charge in [0.25, 0.3) is 5.91 Å². The van der Waals surface area contributed by atoms with Gasteiger partial charge in [-0.25, -0.2) is 15.0 Å². The minimum atomic E-state index is -0.566. The molecular weight excluding hydrogens is 416 g/mol. The summed E-state index contributed by atoms with van der Waals surface area (Å²) in [5.41, 5.74) is 9.50. The van der Waals surface area contributed by atoms with Crippen molar-refractivity contribution in [3.63, 3.8) is 0 Å². The van der Waals surface area contributed by atoms with E-state index in [4.69, 9.17) is 16.0 Å². The van der Waals surface area contributed by atoms with E-state index in [-0.39, 0.29) is 11.5 Å². The Kier molecular flexibility index (Phi) is 5.24. The quantitative estimate of drug-likeness (QED) is 0.368. The SMILES string of the molecule is CC(C)(C)n1c(-c2cc(C#N)ccc2C(=O)NC#N)nc2cc(-c3cnc(N)nc3)ccc21. The van der Waals surface area contributed by atoms with Crippen molar-refractivity contribution in [3.05, 3.63) is 59.9 Å². The van der Waals surface area contributed by atoms with Crippen LogP contribution < -0.4 is 11.1 Å². The first kappa shape index (κ1) is 21.5. The highest BCUT2D eigenvalue weighted by molar-refractivity contribution is 6.02. The van der Waals surface area contributed by atoms with E-state index >= 15 is 0 Å². The molecule has 0 bridgehead atoms. The molecule has 1 amide bonds. The topological polar surface area (TPSA) is 146 Å². The van der Waals surface area contributed by atoms with Crippen LogP contribution in [0.4, 0.5) is 5.95 Å². The zero-order valence-electron chi connectivity index (χ0n) is 18.3. The second kappa shape index (κ2) is 8.06. The lowest BCUT2D eigenvalue weighted by atomic mass is 10.0. The maximum Gasteiger partial charge on any atom is 0.265 e. The number of nitriles is 2. The Balaban J connectivity index is 2.00. The lowest BCUT2D eigenvalue weighted by molar-refractivity contribution is 0.0973. The Morgan fingerprint density at radius 2 is 1.79 bits per heavy atom. The second-order valence-corrected chi connectivity index (χ2v) is 8.41. The van der Waals surface area contributed by atoms with E-state index in [1.54, 1.807) is 30.7 Å². The number of carbonyl (C=O) groups is 1. The number of fused-ring (bicyclic) bond motifs is 1. The third-order valence-electron chi connectivity index (χ3n) is 5.13. The summed E-state index contributed by atoms with van der Waals surface area (Å²) in [6, 6.07) is 12.6. The van der Waals surface area contributed by atoms with Crippen LogP contribution in [0.2, 0.25) is 0 Å². The second-order valence-electron chi connectivity index (χ2n) is 8.41. The van der Waals surface area contributed by atoms with Gasteiger partial charge < -0.3 is 10.3 Å². The number of nitrogens with two attached hydrogens (primary N) is 1. The monoisotopic (exact) mass is 436 g/mol. The Morgan fingerprint density at radius 1 is 1.06 bits per heavy atom. The Bertz CT molecular complexity index is 1460. The molecule has 0 saturated carbocycles. The number of carbonyl (C=O) groups excluding carboxylic acids is 1. The van der Waals surface area contributed by atoms with Crippen molar-refractivity contribution in [2.24, 2.45) is 0 Å². The maximum absolute atomic E-state index is 12.6. The molecule has 9 heteroatoms. The number of amides is 1. The van der Waals surface area contributed by atoms with Crippen LogP contribution in [0.1, 0.15) is 36.7 Å². The fraction of sp³-hybridized carbons (Fsp3) is 0.167. The molecule has 4 rings (SSSR count). The lowest BCUT2D eigenvalue weighted by Gasteiger charge is -2.25. The highest BCUT2D eigenvalue weighted by atomic mass is 16.1. The largest absolute Gasteiger partial charge is 0.368 e. The van der Waals surface area contributed by atoms with Gasteiger partial charge in [-0.15, -0.1) is 0 Å². The summed E-state index contributed by atoms with van der Waals surface area (Å²) >= 11 is 0. The first-order valence-corrected chi connectivity index (χ1v) is 10.1. The standard InChI is InChI=1S/C24H20N8O/c1-24(2,3)32-20-7-5-15(16-11-28-23(27)29-12-16)9-19(20)31-21(32)18-8-14(10-25)4-6-17(18)22(33)30-13-26/h4-9,11-12H,1-3H3,(H,30,33)(H2,27,28,29). The van der Waals surface area contributed by atoms with E-state index in [0.29, 0.717) is 22.5 Å². The molecule has 162 valence electrons. The lowest BCUT2D eigenvalue weighted by Crippen LogP contribution is -2.24. The molecule has 0 saturated heterocycles. The van der Waals surface area contributed by atoms with Crippen molar-refractivity contribution in [3.8, 4) is 34.8 Å². The molecule has 33 heavy (non-hydrogen) atoms. The molecule has 3 N–H and O–H groups in total. The molecule has 2 aromatic carbocycles. The predicted molar refractivity (Wildman–Crippen MR) is 123 cm³/mol. The number of aromatic nitrogens is 4. The molecule has 4 aromatic rings. The Morgan fingerprint density at radius 3 is 2.42 bits per heavy atom.